The van der Waals surface area contributed by atoms with Crippen LogP contribution in [0.25, 0.3) is 10.9 Å². The summed E-state index contributed by atoms with van der Waals surface area (Å²) >= 11 is 6.24. The molecule has 0 spiro atoms. The Hall–Kier alpha value is -1.75. The number of methoxy groups -OCH3 is 2. The normalized spacial score (nSPS) is 24.7. The third-order valence-corrected chi connectivity index (χ3v) is 4.22. The topological polar surface area (TPSA) is 64.5 Å². The Morgan fingerprint density at radius 1 is 1.19 bits per heavy atom. The van der Waals surface area contributed by atoms with Crippen LogP contribution >= 0.6 is 11.6 Å². The third kappa shape index (κ3) is 2.46. The number of alkyl halides is 1. The van der Waals surface area contributed by atoms with Crippen LogP contribution in [0.5, 0.6) is 17.4 Å². The molecule has 21 heavy (non-hydrogen) atoms. The van der Waals surface area contributed by atoms with Crippen molar-refractivity contribution in [2.24, 2.45) is 0 Å². The Balaban J connectivity index is 2.07. The monoisotopic (exact) mass is 308 g/mol. The van der Waals surface area contributed by atoms with Gasteiger partial charge in [-0.25, -0.2) is 4.98 Å². The Labute approximate surface area is 127 Å². The van der Waals surface area contributed by atoms with Gasteiger partial charge in [-0.15, -0.1) is 11.6 Å². The van der Waals surface area contributed by atoms with Gasteiger partial charge in [-0.2, -0.15) is 4.98 Å². The van der Waals surface area contributed by atoms with E-state index in [1.54, 1.807) is 26.4 Å². The van der Waals surface area contributed by atoms with E-state index in [2.05, 4.69) is 9.97 Å². The number of nitrogens with zero attached hydrogens (tertiary/aromatic N) is 2. The van der Waals surface area contributed by atoms with Crippen molar-refractivity contribution in [1.29, 1.82) is 0 Å². The standard InChI is InChI=1S/C15H17ClN2O3/c1-15(16)6-8(7-15)13-17-10-5-12(21-3)11(20-2)4-9(10)14(19)18-13/h4-5,8H,6-7H2,1-3H3,(H,17,18,19)/t8-,15+. The summed E-state index contributed by atoms with van der Waals surface area (Å²) < 4.78 is 10.5. The van der Waals surface area contributed by atoms with Gasteiger partial charge in [0.05, 0.1) is 25.1 Å². The highest BCUT2D eigenvalue weighted by atomic mass is 35.5. The molecule has 0 unspecified atom stereocenters. The van der Waals surface area contributed by atoms with Gasteiger partial charge >= 0.3 is 0 Å². The van der Waals surface area contributed by atoms with Crippen molar-refractivity contribution in [1.82, 2.24) is 9.97 Å². The summed E-state index contributed by atoms with van der Waals surface area (Å²) in [7, 11) is 3.11. The fraction of sp³-hybridized carbons (Fsp3) is 0.467. The average Bonchev–Trinajstić information content (AvgIpc) is 2.43. The first kappa shape index (κ1) is 14.2. The Morgan fingerprint density at radius 2 is 1.81 bits per heavy atom. The summed E-state index contributed by atoms with van der Waals surface area (Å²) in [5.41, 5.74) is 0.637. The van der Waals surface area contributed by atoms with E-state index in [-0.39, 0.29) is 16.7 Å². The molecule has 0 saturated heterocycles. The maximum absolute atomic E-state index is 10.2. The summed E-state index contributed by atoms with van der Waals surface area (Å²) in [5, 5.41) is 10.7. The van der Waals surface area contributed by atoms with Gasteiger partial charge in [-0.05, 0) is 25.8 Å². The molecule has 1 aliphatic rings. The van der Waals surface area contributed by atoms with Gasteiger partial charge in [-0.3, -0.25) is 0 Å². The lowest BCUT2D eigenvalue weighted by Crippen LogP contribution is -2.34. The Bertz CT molecular complexity index is 695. The van der Waals surface area contributed by atoms with Crippen LogP contribution in [-0.2, 0) is 0 Å². The van der Waals surface area contributed by atoms with Crippen molar-refractivity contribution in [2.45, 2.75) is 30.6 Å². The first-order valence-electron chi connectivity index (χ1n) is 6.75. The molecule has 6 heteroatoms. The molecular formula is C15H17ClN2O3. The van der Waals surface area contributed by atoms with Gasteiger partial charge in [0.2, 0.25) is 5.88 Å². The number of ether oxygens (including phenoxy) is 2. The summed E-state index contributed by atoms with van der Waals surface area (Å²) in [6.07, 6.45) is 1.62. The van der Waals surface area contributed by atoms with E-state index in [0.29, 0.717) is 28.2 Å². The molecule has 0 atom stereocenters. The van der Waals surface area contributed by atoms with Gasteiger partial charge in [0.1, 0.15) is 5.82 Å². The Kier molecular flexibility index (Phi) is 3.32. The minimum Gasteiger partial charge on any atom is -0.493 e. The molecule has 112 valence electrons. The van der Waals surface area contributed by atoms with Gasteiger partial charge in [0, 0.05) is 16.9 Å². The lowest BCUT2D eigenvalue weighted by Gasteiger charge is -2.39. The molecule has 0 aliphatic heterocycles. The van der Waals surface area contributed by atoms with Crippen LogP contribution in [0.1, 0.15) is 31.5 Å². The minimum atomic E-state index is -0.184. The lowest BCUT2D eigenvalue weighted by molar-refractivity contribution is 0.306. The van der Waals surface area contributed by atoms with E-state index >= 15 is 0 Å². The zero-order valence-corrected chi connectivity index (χ0v) is 12.9. The molecular weight excluding hydrogens is 292 g/mol. The minimum absolute atomic E-state index is 0.0425. The molecule has 3 rings (SSSR count). The summed E-state index contributed by atoms with van der Waals surface area (Å²) in [6, 6.07) is 3.43. The van der Waals surface area contributed by atoms with E-state index in [1.807, 2.05) is 6.92 Å². The number of rotatable bonds is 3. The number of hydrogen-bond donors (Lipinski definition) is 1. The van der Waals surface area contributed by atoms with Gasteiger partial charge in [0.25, 0.3) is 0 Å². The van der Waals surface area contributed by atoms with Crippen molar-refractivity contribution in [2.75, 3.05) is 14.2 Å². The van der Waals surface area contributed by atoms with Crippen molar-refractivity contribution < 1.29 is 14.6 Å². The van der Waals surface area contributed by atoms with Gasteiger partial charge in [0.15, 0.2) is 11.5 Å². The smallest absolute Gasteiger partial charge is 0.222 e. The van der Waals surface area contributed by atoms with Gasteiger partial charge in [-0.1, -0.05) is 0 Å². The zero-order valence-electron chi connectivity index (χ0n) is 12.2. The number of fused-ring (bicyclic) bond motifs is 1. The van der Waals surface area contributed by atoms with Gasteiger partial charge < -0.3 is 14.6 Å². The summed E-state index contributed by atoms with van der Waals surface area (Å²) in [5.74, 6) is 1.89. The lowest BCUT2D eigenvalue weighted by atomic mass is 9.75. The number of hydrogen-bond acceptors (Lipinski definition) is 5. The summed E-state index contributed by atoms with van der Waals surface area (Å²) in [4.78, 5) is 8.57. The fourth-order valence-corrected chi connectivity index (χ4v) is 3.16. The molecule has 0 amide bonds. The largest absolute Gasteiger partial charge is 0.493 e. The number of benzene rings is 1. The van der Waals surface area contributed by atoms with Crippen LogP contribution < -0.4 is 9.47 Å². The van der Waals surface area contributed by atoms with Crippen LogP contribution in [0.2, 0.25) is 0 Å². The van der Waals surface area contributed by atoms with Crippen LogP contribution in [0.3, 0.4) is 0 Å². The van der Waals surface area contributed by atoms with Crippen molar-refractivity contribution in [3.63, 3.8) is 0 Å². The number of halogens is 1. The number of aromatic nitrogens is 2. The van der Waals surface area contributed by atoms with Crippen LogP contribution in [0.15, 0.2) is 12.1 Å². The van der Waals surface area contributed by atoms with Crippen molar-refractivity contribution in [3.05, 3.63) is 18.0 Å². The molecule has 1 aliphatic carbocycles. The maximum Gasteiger partial charge on any atom is 0.222 e. The molecule has 1 aromatic heterocycles. The maximum atomic E-state index is 10.2. The molecule has 0 bridgehead atoms. The molecule has 1 fully saturated rings. The third-order valence-electron chi connectivity index (χ3n) is 3.91. The van der Waals surface area contributed by atoms with E-state index in [1.165, 1.54) is 0 Å². The molecule has 0 radical (unpaired) electrons. The SMILES string of the molecule is COc1cc2nc([C@H]3C[C@@](C)(Cl)C3)nc(O)c2cc1OC. The van der Waals surface area contributed by atoms with E-state index in [4.69, 9.17) is 21.1 Å². The molecule has 2 aromatic rings. The first-order valence-corrected chi connectivity index (χ1v) is 7.13. The highest BCUT2D eigenvalue weighted by Crippen LogP contribution is 2.48. The van der Waals surface area contributed by atoms with Crippen LogP contribution in [0.4, 0.5) is 0 Å². The van der Waals surface area contributed by atoms with E-state index in [0.717, 1.165) is 12.8 Å². The summed E-state index contributed by atoms with van der Waals surface area (Å²) in [6.45, 7) is 2.00. The highest BCUT2D eigenvalue weighted by molar-refractivity contribution is 6.24. The molecule has 1 heterocycles. The second-order valence-corrected chi connectivity index (χ2v) is 6.56. The van der Waals surface area contributed by atoms with E-state index in [9.17, 15) is 5.11 Å². The van der Waals surface area contributed by atoms with Crippen molar-refractivity contribution >= 4 is 22.5 Å². The fourth-order valence-electron chi connectivity index (χ4n) is 2.79. The zero-order chi connectivity index (χ0) is 15.2. The number of aromatic hydroxyl groups is 1. The molecule has 1 saturated carbocycles. The van der Waals surface area contributed by atoms with Crippen LogP contribution in [0, 0.1) is 0 Å². The predicted octanol–water partition coefficient (Wildman–Crippen LogP) is 3.23. The van der Waals surface area contributed by atoms with E-state index < -0.39 is 0 Å². The first-order chi connectivity index (χ1) is 9.93. The molecule has 1 N–H and O–H groups in total. The predicted molar refractivity (Wildman–Crippen MR) is 80.5 cm³/mol. The average molecular weight is 309 g/mol. The van der Waals surface area contributed by atoms with Crippen molar-refractivity contribution in [3.8, 4) is 17.4 Å². The Morgan fingerprint density at radius 3 is 2.38 bits per heavy atom. The second-order valence-electron chi connectivity index (χ2n) is 5.65. The highest BCUT2D eigenvalue weighted by Gasteiger charge is 2.41. The molecule has 5 nitrogen and oxygen atoms in total. The quantitative estimate of drug-likeness (QED) is 0.882. The van der Waals surface area contributed by atoms with Crippen LogP contribution in [-0.4, -0.2) is 34.2 Å². The molecule has 1 aromatic carbocycles. The second kappa shape index (κ2) is 4.91.